The van der Waals surface area contributed by atoms with E-state index >= 15 is 0 Å². The van der Waals surface area contributed by atoms with Crippen molar-refractivity contribution in [3.8, 4) is 18.1 Å². The Bertz CT molecular complexity index is 382. The highest BCUT2D eigenvalue weighted by atomic mass is 35.5. The van der Waals surface area contributed by atoms with Crippen LogP contribution in [0.1, 0.15) is 31.4 Å². The summed E-state index contributed by atoms with van der Waals surface area (Å²) in [5.74, 6) is 3.36. The molecule has 0 saturated carbocycles. The molecule has 1 unspecified atom stereocenters. The molecule has 0 bridgehead atoms. The first-order valence-corrected chi connectivity index (χ1v) is 5.64. The van der Waals surface area contributed by atoms with Gasteiger partial charge in [-0.2, -0.15) is 0 Å². The maximum atomic E-state index is 5.91. The Kier molecular flexibility index (Phi) is 5.18. The Morgan fingerprint density at radius 1 is 1.56 bits per heavy atom. The maximum Gasteiger partial charge on any atom is 0.124 e. The van der Waals surface area contributed by atoms with Crippen LogP contribution in [-0.2, 0) is 0 Å². The Balaban J connectivity index is 2.68. The van der Waals surface area contributed by atoms with Crippen molar-refractivity contribution in [1.29, 1.82) is 0 Å². The van der Waals surface area contributed by atoms with E-state index in [2.05, 4.69) is 5.92 Å². The quantitative estimate of drug-likeness (QED) is 0.631. The molecule has 1 rings (SSSR count). The van der Waals surface area contributed by atoms with Crippen LogP contribution in [0.25, 0.3) is 0 Å². The fraction of sp³-hybridized carbons (Fsp3) is 0.385. The van der Waals surface area contributed by atoms with Gasteiger partial charge in [0, 0.05) is 23.0 Å². The number of ether oxygens (including phenoxy) is 1. The molecule has 16 heavy (non-hydrogen) atoms. The molecule has 0 aromatic heterocycles. The Morgan fingerprint density at radius 2 is 2.31 bits per heavy atom. The number of benzene rings is 1. The molecule has 86 valence electrons. The average molecular weight is 238 g/mol. The Morgan fingerprint density at radius 3 is 2.94 bits per heavy atom. The number of rotatable bonds is 5. The van der Waals surface area contributed by atoms with Gasteiger partial charge in [-0.05, 0) is 31.5 Å². The molecule has 0 spiro atoms. The highest BCUT2D eigenvalue weighted by Gasteiger charge is 2.08. The molecule has 0 fully saturated rings. The molecule has 1 aromatic rings. The van der Waals surface area contributed by atoms with Crippen molar-refractivity contribution in [2.24, 2.45) is 5.73 Å². The van der Waals surface area contributed by atoms with Gasteiger partial charge in [0.05, 0.1) is 6.61 Å². The van der Waals surface area contributed by atoms with Gasteiger partial charge in [0.25, 0.3) is 0 Å². The molecule has 0 aliphatic rings. The fourth-order valence-corrected chi connectivity index (χ4v) is 1.54. The number of terminal acetylenes is 1. The van der Waals surface area contributed by atoms with E-state index in [1.54, 1.807) is 6.07 Å². The van der Waals surface area contributed by atoms with Gasteiger partial charge in [-0.15, -0.1) is 12.3 Å². The third kappa shape index (κ3) is 3.77. The average Bonchev–Trinajstić information content (AvgIpc) is 2.26. The standard InChI is InChI=1S/C13H16ClNO/c1-3-4-5-8-16-13-7-6-11(14)9-12(13)10(2)15/h1,6-7,9-10H,4-5,8,15H2,2H3. The van der Waals surface area contributed by atoms with Gasteiger partial charge in [0.15, 0.2) is 0 Å². The van der Waals surface area contributed by atoms with E-state index in [9.17, 15) is 0 Å². The lowest BCUT2D eigenvalue weighted by Gasteiger charge is -2.14. The SMILES string of the molecule is C#CCCCOc1ccc(Cl)cc1C(C)N. The van der Waals surface area contributed by atoms with E-state index in [1.165, 1.54) is 0 Å². The second-order valence-corrected chi connectivity index (χ2v) is 4.06. The number of nitrogens with two attached hydrogens (primary N) is 1. The van der Waals surface area contributed by atoms with E-state index in [4.69, 9.17) is 28.5 Å². The van der Waals surface area contributed by atoms with Crippen LogP contribution in [0.2, 0.25) is 5.02 Å². The summed E-state index contributed by atoms with van der Waals surface area (Å²) < 4.78 is 5.62. The molecule has 0 saturated heterocycles. The summed E-state index contributed by atoms with van der Waals surface area (Å²) in [6.07, 6.45) is 6.73. The van der Waals surface area contributed by atoms with E-state index in [-0.39, 0.29) is 6.04 Å². The van der Waals surface area contributed by atoms with E-state index in [0.717, 1.165) is 24.2 Å². The largest absolute Gasteiger partial charge is 0.493 e. The van der Waals surface area contributed by atoms with Gasteiger partial charge in [0.2, 0.25) is 0 Å². The first kappa shape index (κ1) is 12.9. The third-order valence-corrected chi connectivity index (χ3v) is 2.42. The molecule has 0 radical (unpaired) electrons. The smallest absolute Gasteiger partial charge is 0.124 e. The van der Waals surface area contributed by atoms with Gasteiger partial charge in [-0.25, -0.2) is 0 Å². The monoisotopic (exact) mass is 237 g/mol. The first-order valence-electron chi connectivity index (χ1n) is 5.26. The molecular formula is C13H16ClNO. The van der Waals surface area contributed by atoms with Crippen molar-refractivity contribution >= 4 is 11.6 Å². The summed E-state index contributed by atoms with van der Waals surface area (Å²) in [5.41, 5.74) is 6.77. The number of hydrogen-bond acceptors (Lipinski definition) is 2. The lowest BCUT2D eigenvalue weighted by molar-refractivity contribution is 0.308. The maximum absolute atomic E-state index is 5.91. The van der Waals surface area contributed by atoms with Crippen molar-refractivity contribution in [2.75, 3.05) is 6.61 Å². The minimum absolute atomic E-state index is 0.0960. The molecule has 0 aliphatic carbocycles. The minimum Gasteiger partial charge on any atom is -0.493 e. The summed E-state index contributed by atoms with van der Waals surface area (Å²) >= 11 is 5.91. The molecule has 2 N–H and O–H groups in total. The zero-order valence-corrected chi connectivity index (χ0v) is 10.1. The number of unbranched alkanes of at least 4 members (excludes halogenated alkanes) is 1. The van der Waals surface area contributed by atoms with E-state index in [1.807, 2.05) is 19.1 Å². The van der Waals surface area contributed by atoms with Crippen molar-refractivity contribution < 1.29 is 4.74 Å². The predicted molar refractivity (Wildman–Crippen MR) is 67.6 cm³/mol. The van der Waals surface area contributed by atoms with Crippen LogP contribution < -0.4 is 10.5 Å². The molecule has 1 aromatic carbocycles. The summed E-state index contributed by atoms with van der Waals surface area (Å²) in [7, 11) is 0. The zero-order valence-electron chi connectivity index (χ0n) is 9.37. The molecule has 0 amide bonds. The second-order valence-electron chi connectivity index (χ2n) is 3.63. The van der Waals surface area contributed by atoms with E-state index in [0.29, 0.717) is 11.6 Å². The van der Waals surface area contributed by atoms with Crippen molar-refractivity contribution in [1.82, 2.24) is 0 Å². The van der Waals surface area contributed by atoms with Crippen molar-refractivity contribution in [3.63, 3.8) is 0 Å². The van der Waals surface area contributed by atoms with Crippen molar-refractivity contribution in [2.45, 2.75) is 25.8 Å². The number of halogens is 1. The van der Waals surface area contributed by atoms with Gasteiger partial charge in [-0.1, -0.05) is 11.6 Å². The van der Waals surface area contributed by atoms with Crippen LogP contribution in [-0.4, -0.2) is 6.61 Å². The predicted octanol–water partition coefficient (Wildman–Crippen LogP) is 3.15. The summed E-state index contributed by atoms with van der Waals surface area (Å²) in [6.45, 7) is 2.51. The Labute approximate surface area is 102 Å². The molecule has 1 atom stereocenters. The van der Waals surface area contributed by atoms with Gasteiger partial charge in [-0.3, -0.25) is 0 Å². The molecule has 0 heterocycles. The molecule has 2 nitrogen and oxygen atoms in total. The summed E-state index contributed by atoms with van der Waals surface area (Å²) in [5, 5.41) is 0.670. The summed E-state index contributed by atoms with van der Waals surface area (Å²) in [6, 6.07) is 5.38. The molecular weight excluding hydrogens is 222 g/mol. The lowest BCUT2D eigenvalue weighted by Crippen LogP contribution is -2.08. The molecule has 3 heteroatoms. The molecule has 0 aliphatic heterocycles. The van der Waals surface area contributed by atoms with Crippen LogP contribution in [0.5, 0.6) is 5.75 Å². The van der Waals surface area contributed by atoms with Crippen LogP contribution in [0.4, 0.5) is 0 Å². The van der Waals surface area contributed by atoms with Gasteiger partial charge in [0.1, 0.15) is 5.75 Å². The topological polar surface area (TPSA) is 35.2 Å². The second kappa shape index (κ2) is 6.42. The van der Waals surface area contributed by atoms with Gasteiger partial charge < -0.3 is 10.5 Å². The van der Waals surface area contributed by atoms with Crippen LogP contribution >= 0.6 is 11.6 Å². The van der Waals surface area contributed by atoms with Gasteiger partial charge >= 0.3 is 0 Å². The third-order valence-electron chi connectivity index (χ3n) is 2.19. The minimum atomic E-state index is -0.0960. The first-order chi connectivity index (χ1) is 7.65. The van der Waals surface area contributed by atoms with Crippen LogP contribution in [0, 0.1) is 12.3 Å². The van der Waals surface area contributed by atoms with E-state index < -0.39 is 0 Å². The van der Waals surface area contributed by atoms with Crippen molar-refractivity contribution in [3.05, 3.63) is 28.8 Å². The normalized spacial score (nSPS) is 11.9. The Hall–Kier alpha value is -1.17. The number of hydrogen-bond donors (Lipinski definition) is 1. The highest BCUT2D eigenvalue weighted by Crippen LogP contribution is 2.27. The fourth-order valence-electron chi connectivity index (χ4n) is 1.36. The zero-order chi connectivity index (χ0) is 12.0. The summed E-state index contributed by atoms with van der Waals surface area (Å²) in [4.78, 5) is 0. The van der Waals surface area contributed by atoms with Crippen LogP contribution in [0.15, 0.2) is 18.2 Å². The highest BCUT2D eigenvalue weighted by molar-refractivity contribution is 6.30. The lowest BCUT2D eigenvalue weighted by atomic mass is 10.1. The van der Waals surface area contributed by atoms with Crippen LogP contribution in [0.3, 0.4) is 0 Å².